The zero-order chi connectivity index (χ0) is 23.0. The number of nitrogens with two attached hydrogens (primary N) is 1. The maximum Gasteiger partial charge on any atom is 0.451 e. The molecule has 0 aliphatic carbocycles. The van der Waals surface area contributed by atoms with Crippen molar-refractivity contribution in [1.29, 1.82) is 0 Å². The fourth-order valence-corrected chi connectivity index (χ4v) is 3.75. The van der Waals surface area contributed by atoms with Gasteiger partial charge in [0.15, 0.2) is 0 Å². The van der Waals surface area contributed by atoms with E-state index in [1.807, 2.05) is 43.4 Å². The van der Waals surface area contributed by atoms with E-state index in [9.17, 15) is 9.90 Å². The van der Waals surface area contributed by atoms with Crippen LogP contribution in [0, 0.1) is 0 Å². The van der Waals surface area contributed by atoms with E-state index in [1.54, 1.807) is 6.07 Å². The average Bonchev–Trinajstić information content (AvgIpc) is 2.73. The van der Waals surface area contributed by atoms with Crippen molar-refractivity contribution in [3.63, 3.8) is 0 Å². The summed E-state index contributed by atoms with van der Waals surface area (Å²) in [7, 11) is 0.587. The summed E-state index contributed by atoms with van der Waals surface area (Å²) in [5.74, 6) is -1.02. The Balaban J connectivity index is 1.89. The van der Waals surface area contributed by atoms with Gasteiger partial charge in [0.2, 0.25) is 0 Å². The van der Waals surface area contributed by atoms with E-state index < -0.39 is 18.6 Å². The number of hydrogen-bond acceptors (Lipinski definition) is 5. The zero-order valence-corrected chi connectivity index (χ0v) is 19.1. The van der Waals surface area contributed by atoms with Crippen molar-refractivity contribution in [3.05, 3.63) is 52.5 Å². The lowest BCUT2D eigenvalue weighted by atomic mass is 9.81. The minimum atomic E-state index is -1.37. The molecule has 0 fully saturated rings. The Labute approximate surface area is 193 Å². The molecule has 0 aromatic heterocycles. The Morgan fingerprint density at radius 3 is 2.19 bits per heavy atom. The number of hydrogen-bond donors (Lipinski definition) is 4. The van der Waals surface area contributed by atoms with E-state index >= 15 is 0 Å². The predicted octanol–water partition coefficient (Wildman–Crippen LogP) is 4.30. The number of halogens is 2. The SMILES string of the molecule is CN(CCCC(N)(CCCCB(O)O)C(=O)O)c1ccc(-c2ccc(Cl)c(Cl)c2)cc1. The molecule has 0 saturated heterocycles. The second-order valence-electron chi connectivity index (χ2n) is 7.89. The van der Waals surface area contributed by atoms with Gasteiger partial charge in [0.25, 0.3) is 0 Å². The quantitative estimate of drug-likeness (QED) is 0.274. The zero-order valence-electron chi connectivity index (χ0n) is 17.6. The third-order valence-corrected chi connectivity index (χ3v) is 6.18. The first-order chi connectivity index (χ1) is 14.6. The molecule has 0 aliphatic heterocycles. The van der Waals surface area contributed by atoms with Crippen molar-refractivity contribution in [1.82, 2.24) is 0 Å². The topological polar surface area (TPSA) is 107 Å². The lowest BCUT2D eigenvalue weighted by Gasteiger charge is -2.27. The highest BCUT2D eigenvalue weighted by molar-refractivity contribution is 6.42. The van der Waals surface area contributed by atoms with E-state index in [0.717, 1.165) is 16.8 Å². The Morgan fingerprint density at radius 2 is 1.61 bits per heavy atom. The molecule has 0 radical (unpaired) electrons. The van der Waals surface area contributed by atoms with Gasteiger partial charge in [0, 0.05) is 19.3 Å². The molecule has 0 aliphatic rings. The van der Waals surface area contributed by atoms with Crippen LogP contribution in [0.2, 0.25) is 16.4 Å². The molecule has 1 unspecified atom stereocenters. The van der Waals surface area contributed by atoms with Crippen LogP contribution < -0.4 is 10.6 Å². The average molecular weight is 467 g/mol. The Bertz CT molecular complexity index is 867. The smallest absolute Gasteiger partial charge is 0.451 e. The largest absolute Gasteiger partial charge is 0.480 e. The standard InChI is InChI=1S/C22H29BCl2N2O4/c1-27(14-4-12-22(26,21(28)29)11-2-3-13-23(30)31)18-8-5-16(6-9-18)17-7-10-19(24)20(25)15-17/h5-10,15,30-31H,2-4,11-14,26H2,1H3,(H,28,29). The first-order valence-corrected chi connectivity index (χ1v) is 11.0. The number of carboxylic acids is 1. The summed E-state index contributed by atoms with van der Waals surface area (Å²) >= 11 is 12.1. The van der Waals surface area contributed by atoms with Crippen LogP contribution in [0.15, 0.2) is 42.5 Å². The monoisotopic (exact) mass is 466 g/mol. The number of unbranched alkanes of at least 4 members (excludes halogenated alkanes) is 1. The van der Waals surface area contributed by atoms with E-state index in [0.29, 0.717) is 48.7 Å². The molecule has 0 amide bonds. The van der Waals surface area contributed by atoms with Crippen LogP contribution >= 0.6 is 23.2 Å². The summed E-state index contributed by atoms with van der Waals surface area (Å²) in [6.45, 7) is 0.660. The second kappa shape index (κ2) is 11.7. The first kappa shape index (κ1) is 25.5. The van der Waals surface area contributed by atoms with Gasteiger partial charge in [0.05, 0.1) is 10.0 Å². The van der Waals surface area contributed by atoms with Crippen LogP contribution in [0.5, 0.6) is 0 Å². The fraction of sp³-hybridized carbons (Fsp3) is 0.409. The molecular weight excluding hydrogens is 438 g/mol. The number of rotatable bonds is 12. The van der Waals surface area contributed by atoms with Crippen molar-refractivity contribution in [3.8, 4) is 11.1 Å². The molecule has 9 heteroatoms. The molecule has 31 heavy (non-hydrogen) atoms. The number of carboxylic acid groups (broad SMARTS) is 1. The van der Waals surface area contributed by atoms with Gasteiger partial charge in [-0.3, -0.25) is 4.79 Å². The molecule has 6 nitrogen and oxygen atoms in total. The predicted molar refractivity (Wildman–Crippen MR) is 128 cm³/mol. The van der Waals surface area contributed by atoms with Gasteiger partial charge in [-0.15, -0.1) is 0 Å². The van der Waals surface area contributed by atoms with Crippen molar-refractivity contribution in [2.24, 2.45) is 5.73 Å². The van der Waals surface area contributed by atoms with Gasteiger partial charge in [-0.1, -0.05) is 54.2 Å². The van der Waals surface area contributed by atoms with Gasteiger partial charge >= 0.3 is 13.1 Å². The Morgan fingerprint density at radius 1 is 1.00 bits per heavy atom. The van der Waals surface area contributed by atoms with Gasteiger partial charge in [-0.2, -0.15) is 0 Å². The van der Waals surface area contributed by atoms with Crippen LogP contribution in [0.4, 0.5) is 5.69 Å². The molecular formula is C22H29BCl2N2O4. The van der Waals surface area contributed by atoms with Crippen LogP contribution in [-0.4, -0.2) is 47.4 Å². The number of aliphatic carboxylic acids is 1. The molecule has 1 atom stereocenters. The molecule has 2 aromatic carbocycles. The first-order valence-electron chi connectivity index (χ1n) is 10.3. The Kier molecular flexibility index (Phi) is 9.66. The number of carbonyl (C=O) groups is 1. The van der Waals surface area contributed by atoms with Crippen LogP contribution in [0.3, 0.4) is 0 Å². The lowest BCUT2D eigenvalue weighted by molar-refractivity contribution is -0.144. The molecule has 168 valence electrons. The fourth-order valence-electron chi connectivity index (χ4n) is 3.45. The summed E-state index contributed by atoms with van der Waals surface area (Å²) in [6, 6.07) is 13.5. The number of benzene rings is 2. The maximum atomic E-state index is 11.7. The highest BCUT2D eigenvalue weighted by Crippen LogP contribution is 2.29. The number of nitrogens with zero attached hydrogens (tertiary/aromatic N) is 1. The summed E-state index contributed by atoms with van der Waals surface area (Å²) in [4.78, 5) is 13.7. The van der Waals surface area contributed by atoms with E-state index in [4.69, 9.17) is 39.0 Å². The molecule has 0 saturated carbocycles. The summed E-state index contributed by atoms with van der Waals surface area (Å²) in [6.07, 6.45) is 2.54. The highest BCUT2D eigenvalue weighted by Gasteiger charge is 2.32. The van der Waals surface area contributed by atoms with Crippen LogP contribution in [0.1, 0.15) is 32.1 Å². The molecule has 0 spiro atoms. The van der Waals surface area contributed by atoms with Crippen LogP contribution in [0.25, 0.3) is 11.1 Å². The van der Waals surface area contributed by atoms with Crippen molar-refractivity contribution in [2.45, 2.75) is 44.0 Å². The highest BCUT2D eigenvalue weighted by atomic mass is 35.5. The van der Waals surface area contributed by atoms with Gasteiger partial charge in [-0.25, -0.2) is 0 Å². The Hall–Kier alpha value is -1.77. The minimum absolute atomic E-state index is 0.219. The molecule has 0 heterocycles. The van der Waals surface area contributed by atoms with E-state index in [2.05, 4.69) is 4.90 Å². The van der Waals surface area contributed by atoms with E-state index in [1.165, 1.54) is 0 Å². The molecule has 2 aromatic rings. The molecule has 5 N–H and O–H groups in total. The van der Waals surface area contributed by atoms with Gasteiger partial charge in [-0.05, 0) is 61.0 Å². The second-order valence-corrected chi connectivity index (χ2v) is 8.70. The van der Waals surface area contributed by atoms with Gasteiger partial charge in [0.1, 0.15) is 5.54 Å². The minimum Gasteiger partial charge on any atom is -0.480 e. The van der Waals surface area contributed by atoms with Gasteiger partial charge < -0.3 is 25.8 Å². The summed E-state index contributed by atoms with van der Waals surface area (Å²) < 4.78 is 0. The molecule has 0 bridgehead atoms. The molecule has 2 rings (SSSR count). The normalized spacial score (nSPS) is 13.0. The summed E-state index contributed by atoms with van der Waals surface area (Å²) in [5.41, 5.74) is 7.83. The third kappa shape index (κ3) is 7.70. The maximum absolute atomic E-state index is 11.7. The number of anilines is 1. The van der Waals surface area contributed by atoms with Crippen molar-refractivity contribution < 1.29 is 19.9 Å². The van der Waals surface area contributed by atoms with Crippen LogP contribution in [-0.2, 0) is 4.79 Å². The lowest BCUT2D eigenvalue weighted by Crippen LogP contribution is -2.48. The van der Waals surface area contributed by atoms with E-state index in [-0.39, 0.29) is 6.32 Å². The van der Waals surface area contributed by atoms with Crippen molar-refractivity contribution >= 4 is 42.0 Å². The van der Waals surface area contributed by atoms with Crippen molar-refractivity contribution in [2.75, 3.05) is 18.5 Å². The third-order valence-electron chi connectivity index (χ3n) is 5.44. The summed E-state index contributed by atoms with van der Waals surface area (Å²) in [5, 5.41) is 28.4.